The molecule has 0 spiro atoms. The van der Waals surface area contributed by atoms with Crippen LogP contribution in [0.2, 0.25) is 0 Å². The third kappa shape index (κ3) is 4.22. The van der Waals surface area contributed by atoms with Crippen molar-refractivity contribution in [3.63, 3.8) is 0 Å². The molecule has 7 heteroatoms. The summed E-state index contributed by atoms with van der Waals surface area (Å²) in [5.41, 5.74) is 1.37. The van der Waals surface area contributed by atoms with Gasteiger partial charge in [0.2, 0.25) is 0 Å². The van der Waals surface area contributed by atoms with Gasteiger partial charge in [0.05, 0.1) is 17.8 Å². The van der Waals surface area contributed by atoms with E-state index in [0.29, 0.717) is 30.9 Å². The first-order valence-corrected chi connectivity index (χ1v) is 9.49. The summed E-state index contributed by atoms with van der Waals surface area (Å²) >= 11 is 1.58. The summed E-state index contributed by atoms with van der Waals surface area (Å²) in [4.78, 5) is 30.9. The normalized spacial score (nSPS) is 17.0. The maximum atomic E-state index is 12.9. The maximum Gasteiger partial charge on any atom is 0.328 e. The molecule has 0 N–H and O–H groups in total. The van der Waals surface area contributed by atoms with Gasteiger partial charge in [-0.1, -0.05) is 6.07 Å². The van der Waals surface area contributed by atoms with Gasteiger partial charge in [-0.3, -0.25) is 4.79 Å². The van der Waals surface area contributed by atoms with Crippen LogP contribution < -0.4 is 4.74 Å². The number of carbonyl (C=O) groups excluding carboxylic acids is 2. The molecule has 2 heterocycles. The van der Waals surface area contributed by atoms with E-state index in [4.69, 9.17) is 9.47 Å². The average Bonchev–Trinajstić information content (AvgIpc) is 3.10. The van der Waals surface area contributed by atoms with E-state index in [9.17, 15) is 9.59 Å². The summed E-state index contributed by atoms with van der Waals surface area (Å²) in [6.45, 7) is 2.86. The molecule has 0 bridgehead atoms. The number of carbonyl (C=O) groups is 2. The molecule has 6 nitrogen and oxygen atoms in total. The Kier molecular flexibility index (Phi) is 5.88. The van der Waals surface area contributed by atoms with Gasteiger partial charge >= 0.3 is 5.97 Å². The van der Waals surface area contributed by atoms with Gasteiger partial charge in [0.1, 0.15) is 18.4 Å². The van der Waals surface area contributed by atoms with Crippen molar-refractivity contribution in [2.45, 2.75) is 38.8 Å². The fraction of sp³-hybridized carbons (Fsp3) is 0.421. The molecule has 1 aliphatic rings. The molecule has 26 heavy (non-hydrogen) atoms. The molecule has 1 atom stereocenters. The van der Waals surface area contributed by atoms with E-state index < -0.39 is 6.04 Å². The van der Waals surface area contributed by atoms with E-state index >= 15 is 0 Å². The third-order valence-electron chi connectivity index (χ3n) is 4.37. The number of hydrogen-bond donors (Lipinski definition) is 0. The lowest BCUT2D eigenvalue weighted by Crippen LogP contribution is -2.48. The number of likely N-dealkylation sites (tertiary alicyclic amines) is 1. The fourth-order valence-electron chi connectivity index (χ4n) is 3.07. The number of esters is 1. The van der Waals surface area contributed by atoms with Crippen LogP contribution in [0.25, 0.3) is 0 Å². The van der Waals surface area contributed by atoms with E-state index in [1.54, 1.807) is 34.4 Å². The highest BCUT2D eigenvalue weighted by Gasteiger charge is 2.33. The fourth-order valence-corrected chi connectivity index (χ4v) is 3.67. The van der Waals surface area contributed by atoms with E-state index in [1.807, 2.05) is 18.4 Å². The zero-order chi connectivity index (χ0) is 18.5. The molecular weight excluding hydrogens is 352 g/mol. The predicted molar refractivity (Wildman–Crippen MR) is 98.3 cm³/mol. The number of rotatable bonds is 5. The van der Waals surface area contributed by atoms with Crippen molar-refractivity contribution >= 4 is 23.2 Å². The minimum absolute atomic E-state index is 0.171. The van der Waals surface area contributed by atoms with Crippen molar-refractivity contribution < 1.29 is 19.1 Å². The number of thiazole rings is 1. The van der Waals surface area contributed by atoms with Crippen LogP contribution in [0, 0.1) is 6.92 Å². The van der Waals surface area contributed by atoms with Crippen LogP contribution in [-0.4, -0.2) is 41.5 Å². The summed E-state index contributed by atoms with van der Waals surface area (Å²) in [7, 11) is 1.36. The van der Waals surface area contributed by atoms with Crippen molar-refractivity contribution in [1.29, 1.82) is 0 Å². The van der Waals surface area contributed by atoms with Crippen LogP contribution in [0.15, 0.2) is 29.6 Å². The molecule has 1 aromatic heterocycles. The Morgan fingerprint density at radius 1 is 1.35 bits per heavy atom. The summed E-state index contributed by atoms with van der Waals surface area (Å²) in [5.74, 6) is 0.0764. The molecule has 0 saturated carbocycles. The summed E-state index contributed by atoms with van der Waals surface area (Å²) in [6, 6.07) is 6.54. The second-order valence-electron chi connectivity index (χ2n) is 6.21. The van der Waals surface area contributed by atoms with Crippen molar-refractivity contribution in [3.05, 3.63) is 45.9 Å². The minimum Gasteiger partial charge on any atom is -0.487 e. The summed E-state index contributed by atoms with van der Waals surface area (Å²) in [6.07, 6.45) is 2.44. The van der Waals surface area contributed by atoms with Crippen LogP contribution in [0.1, 0.15) is 40.3 Å². The molecule has 1 aromatic carbocycles. The molecule has 138 valence electrons. The first kappa shape index (κ1) is 18.4. The van der Waals surface area contributed by atoms with Crippen LogP contribution in [0.3, 0.4) is 0 Å². The van der Waals surface area contributed by atoms with Gasteiger partial charge in [-0.25, -0.2) is 9.78 Å². The van der Waals surface area contributed by atoms with Crippen LogP contribution in [0.4, 0.5) is 0 Å². The number of amides is 1. The molecule has 1 saturated heterocycles. The molecular formula is C19H22N2O4S. The lowest BCUT2D eigenvalue weighted by molar-refractivity contribution is -0.147. The van der Waals surface area contributed by atoms with Gasteiger partial charge in [0, 0.05) is 17.5 Å². The molecule has 1 aliphatic heterocycles. The molecule has 1 amide bonds. The lowest BCUT2D eigenvalue weighted by Gasteiger charge is -2.33. The lowest BCUT2D eigenvalue weighted by atomic mass is 10.0. The van der Waals surface area contributed by atoms with Crippen molar-refractivity contribution in [1.82, 2.24) is 9.88 Å². The molecule has 0 aliphatic carbocycles. The average molecular weight is 374 g/mol. The van der Waals surface area contributed by atoms with E-state index in [2.05, 4.69) is 4.98 Å². The number of nitrogens with zero attached hydrogens (tertiary/aromatic N) is 2. The Balaban J connectivity index is 1.71. The Morgan fingerprint density at radius 2 is 2.19 bits per heavy atom. The zero-order valence-corrected chi connectivity index (χ0v) is 15.8. The highest BCUT2D eigenvalue weighted by molar-refractivity contribution is 7.09. The first-order valence-electron chi connectivity index (χ1n) is 8.61. The molecule has 3 rings (SSSR count). The van der Waals surface area contributed by atoms with Crippen molar-refractivity contribution in [2.75, 3.05) is 13.7 Å². The zero-order valence-electron chi connectivity index (χ0n) is 14.9. The Bertz CT molecular complexity index is 789. The number of hydrogen-bond acceptors (Lipinski definition) is 6. The Labute approximate surface area is 156 Å². The number of aromatic nitrogens is 1. The quantitative estimate of drug-likeness (QED) is 0.752. The maximum absolute atomic E-state index is 12.9. The molecule has 1 unspecified atom stereocenters. The third-order valence-corrected chi connectivity index (χ3v) is 5.19. The highest BCUT2D eigenvalue weighted by atomic mass is 32.1. The first-order chi connectivity index (χ1) is 12.6. The van der Waals surface area contributed by atoms with Crippen LogP contribution >= 0.6 is 11.3 Å². The monoisotopic (exact) mass is 374 g/mol. The Hall–Kier alpha value is -2.41. The largest absolute Gasteiger partial charge is 0.487 e. The number of aryl methyl sites for hydroxylation is 1. The van der Waals surface area contributed by atoms with Gasteiger partial charge in [-0.2, -0.15) is 0 Å². The second kappa shape index (κ2) is 8.31. The van der Waals surface area contributed by atoms with Crippen molar-refractivity contribution in [3.8, 4) is 5.75 Å². The topological polar surface area (TPSA) is 68.7 Å². The minimum atomic E-state index is -0.510. The Morgan fingerprint density at radius 3 is 2.92 bits per heavy atom. The highest BCUT2D eigenvalue weighted by Crippen LogP contribution is 2.23. The van der Waals surface area contributed by atoms with Crippen molar-refractivity contribution in [2.24, 2.45) is 0 Å². The van der Waals surface area contributed by atoms with Gasteiger partial charge in [0.15, 0.2) is 0 Å². The molecule has 0 radical (unpaired) electrons. The summed E-state index contributed by atoms with van der Waals surface area (Å²) in [5, 5.41) is 2.95. The van der Waals surface area contributed by atoms with Gasteiger partial charge in [-0.15, -0.1) is 11.3 Å². The van der Waals surface area contributed by atoms with E-state index in [1.165, 1.54) is 7.11 Å². The standard InChI is InChI=1S/C19H22N2O4S/c1-13-20-15(12-26-13)11-25-16-7-5-6-14(10-16)18(22)21-9-4-3-8-17(21)19(23)24-2/h5-7,10,12,17H,3-4,8-9,11H2,1-2H3. The SMILES string of the molecule is COC(=O)C1CCCCN1C(=O)c1cccc(OCc2csc(C)n2)c1. The predicted octanol–water partition coefficient (Wildman–Crippen LogP) is 3.20. The molecule has 2 aromatic rings. The van der Waals surface area contributed by atoms with E-state index in [0.717, 1.165) is 23.5 Å². The van der Waals surface area contributed by atoms with Gasteiger partial charge in [0.25, 0.3) is 5.91 Å². The van der Waals surface area contributed by atoms with E-state index in [-0.39, 0.29) is 11.9 Å². The second-order valence-corrected chi connectivity index (χ2v) is 7.27. The number of benzene rings is 1. The van der Waals surface area contributed by atoms with Gasteiger partial charge in [-0.05, 0) is 44.4 Å². The van der Waals surface area contributed by atoms with Gasteiger partial charge < -0.3 is 14.4 Å². The number of methoxy groups -OCH3 is 1. The number of ether oxygens (including phenoxy) is 2. The van der Waals surface area contributed by atoms with Crippen LogP contribution in [-0.2, 0) is 16.1 Å². The van der Waals surface area contributed by atoms with Crippen LogP contribution in [0.5, 0.6) is 5.75 Å². The number of piperidine rings is 1. The molecule has 1 fully saturated rings. The summed E-state index contributed by atoms with van der Waals surface area (Å²) < 4.78 is 10.6. The smallest absolute Gasteiger partial charge is 0.328 e.